The molecule has 0 radical (unpaired) electrons. The quantitative estimate of drug-likeness (QED) is 0.701. The molecule has 0 aromatic heterocycles. The van der Waals surface area contributed by atoms with Crippen LogP contribution >= 0.6 is 15.9 Å². The van der Waals surface area contributed by atoms with Crippen molar-refractivity contribution in [3.05, 3.63) is 0 Å². The predicted molar refractivity (Wildman–Crippen MR) is 62.6 cm³/mol. The lowest BCUT2D eigenvalue weighted by Gasteiger charge is -2.30. The zero-order chi connectivity index (χ0) is 10.6. The number of hydrogen-bond donors (Lipinski definition) is 0. The van der Waals surface area contributed by atoms with Crippen molar-refractivity contribution in [3.8, 4) is 0 Å². The Morgan fingerprint density at radius 3 is 2.79 bits per heavy atom. The van der Waals surface area contributed by atoms with Crippen LogP contribution in [0, 0.1) is 0 Å². The summed E-state index contributed by atoms with van der Waals surface area (Å²) in [6, 6.07) is 0.477. The molecule has 0 aromatic rings. The Morgan fingerprint density at radius 2 is 2.21 bits per heavy atom. The van der Waals surface area contributed by atoms with Crippen molar-refractivity contribution < 1.29 is 4.79 Å². The summed E-state index contributed by atoms with van der Waals surface area (Å²) < 4.78 is 0. The molecule has 0 bridgehead atoms. The van der Waals surface area contributed by atoms with Crippen molar-refractivity contribution >= 4 is 21.8 Å². The van der Waals surface area contributed by atoms with Crippen molar-refractivity contribution in [2.24, 2.45) is 0 Å². The Hall–Kier alpha value is -0.0500. The number of carbonyl (C=O) groups is 1. The minimum atomic E-state index is -0.0327. The molecule has 1 rings (SSSR count). The Morgan fingerprint density at radius 1 is 1.50 bits per heavy atom. The lowest BCUT2D eigenvalue weighted by molar-refractivity contribution is -0.132. The minimum absolute atomic E-state index is 0.0327. The summed E-state index contributed by atoms with van der Waals surface area (Å²) in [6.45, 7) is 5.04. The van der Waals surface area contributed by atoms with Crippen LogP contribution in [-0.4, -0.2) is 28.2 Å². The molecule has 1 fully saturated rings. The van der Waals surface area contributed by atoms with Gasteiger partial charge in [0.15, 0.2) is 0 Å². The Balaban J connectivity index is 2.65. The normalized spacial score (nSPS) is 25.6. The average Bonchev–Trinajstić information content (AvgIpc) is 2.40. The highest BCUT2D eigenvalue weighted by atomic mass is 79.9. The molecule has 0 aromatic carbocycles. The molecule has 2 atom stereocenters. The second-order valence-corrected chi connectivity index (χ2v) is 5.43. The fourth-order valence-corrected chi connectivity index (χ4v) is 2.38. The Labute approximate surface area is 95.2 Å². The van der Waals surface area contributed by atoms with Gasteiger partial charge in [0.2, 0.25) is 5.91 Å². The van der Waals surface area contributed by atoms with Gasteiger partial charge in [-0.05, 0) is 26.2 Å². The van der Waals surface area contributed by atoms with Crippen LogP contribution in [0.5, 0.6) is 0 Å². The molecule has 0 N–H and O–H groups in total. The van der Waals surface area contributed by atoms with E-state index in [0.29, 0.717) is 6.04 Å². The summed E-state index contributed by atoms with van der Waals surface area (Å²) in [4.78, 5) is 13.9. The van der Waals surface area contributed by atoms with E-state index in [2.05, 4.69) is 27.8 Å². The molecule has 1 aliphatic rings. The molecular formula is C11H20BrNO. The van der Waals surface area contributed by atoms with E-state index in [-0.39, 0.29) is 10.7 Å². The maximum absolute atomic E-state index is 11.9. The van der Waals surface area contributed by atoms with E-state index in [4.69, 9.17) is 0 Å². The van der Waals surface area contributed by atoms with Gasteiger partial charge in [0.1, 0.15) is 0 Å². The standard InChI is InChI=1S/C11H20BrNO/c1-3-10-7-5-4-6-8-13(10)11(14)9(2)12/h9-10H,3-8H2,1-2H3. The number of carbonyl (C=O) groups excluding carboxylic acids is 1. The summed E-state index contributed by atoms with van der Waals surface area (Å²) in [5.74, 6) is 0.263. The van der Waals surface area contributed by atoms with Gasteiger partial charge in [0.05, 0.1) is 4.83 Å². The molecule has 0 aliphatic carbocycles. The molecule has 14 heavy (non-hydrogen) atoms. The van der Waals surface area contributed by atoms with E-state index in [1.54, 1.807) is 0 Å². The van der Waals surface area contributed by atoms with Crippen LogP contribution in [0.25, 0.3) is 0 Å². The molecule has 0 saturated carbocycles. The molecule has 2 nitrogen and oxygen atoms in total. The van der Waals surface area contributed by atoms with E-state index in [9.17, 15) is 4.79 Å². The second-order valence-electron chi connectivity index (χ2n) is 4.06. The summed E-state index contributed by atoms with van der Waals surface area (Å²) in [5.41, 5.74) is 0. The number of halogens is 1. The van der Waals surface area contributed by atoms with Gasteiger partial charge in [0.25, 0.3) is 0 Å². The van der Waals surface area contributed by atoms with Crippen LogP contribution in [-0.2, 0) is 4.79 Å². The smallest absolute Gasteiger partial charge is 0.236 e. The molecule has 1 amide bonds. The van der Waals surface area contributed by atoms with Crippen molar-refractivity contribution in [3.63, 3.8) is 0 Å². The summed E-state index contributed by atoms with van der Waals surface area (Å²) in [6.07, 6.45) is 5.99. The van der Waals surface area contributed by atoms with Gasteiger partial charge in [-0.1, -0.05) is 35.7 Å². The van der Waals surface area contributed by atoms with Crippen LogP contribution in [0.15, 0.2) is 0 Å². The Kier molecular flexibility index (Phi) is 4.93. The van der Waals surface area contributed by atoms with Gasteiger partial charge in [-0.3, -0.25) is 4.79 Å². The number of hydrogen-bond acceptors (Lipinski definition) is 1. The van der Waals surface area contributed by atoms with Crippen LogP contribution in [0.4, 0.5) is 0 Å². The highest BCUT2D eigenvalue weighted by Gasteiger charge is 2.25. The van der Waals surface area contributed by atoms with Gasteiger partial charge >= 0.3 is 0 Å². The summed E-state index contributed by atoms with van der Waals surface area (Å²) >= 11 is 3.37. The van der Waals surface area contributed by atoms with Crippen molar-refractivity contribution in [2.75, 3.05) is 6.54 Å². The monoisotopic (exact) mass is 261 g/mol. The third kappa shape index (κ3) is 2.97. The summed E-state index contributed by atoms with van der Waals surface area (Å²) in [7, 11) is 0. The topological polar surface area (TPSA) is 20.3 Å². The first-order chi connectivity index (χ1) is 6.66. The predicted octanol–water partition coefficient (Wildman–Crippen LogP) is 2.95. The van der Waals surface area contributed by atoms with E-state index in [1.165, 1.54) is 25.7 Å². The molecule has 0 spiro atoms. The summed E-state index contributed by atoms with van der Waals surface area (Å²) in [5, 5.41) is 0. The van der Waals surface area contributed by atoms with Crippen LogP contribution in [0.2, 0.25) is 0 Å². The van der Waals surface area contributed by atoms with Gasteiger partial charge in [-0.25, -0.2) is 0 Å². The highest BCUT2D eigenvalue weighted by molar-refractivity contribution is 9.10. The zero-order valence-corrected chi connectivity index (χ0v) is 10.7. The van der Waals surface area contributed by atoms with Crippen molar-refractivity contribution in [1.82, 2.24) is 4.90 Å². The maximum atomic E-state index is 11.9. The third-order valence-corrected chi connectivity index (χ3v) is 3.36. The van der Waals surface area contributed by atoms with Gasteiger partial charge in [0, 0.05) is 12.6 Å². The number of alkyl halides is 1. The number of nitrogens with zero attached hydrogens (tertiary/aromatic N) is 1. The fourth-order valence-electron chi connectivity index (χ4n) is 2.12. The van der Waals surface area contributed by atoms with Gasteiger partial charge < -0.3 is 4.90 Å². The lowest BCUT2D eigenvalue weighted by Crippen LogP contribution is -2.42. The van der Waals surface area contributed by atoms with E-state index >= 15 is 0 Å². The van der Waals surface area contributed by atoms with E-state index in [0.717, 1.165) is 13.0 Å². The third-order valence-electron chi connectivity index (χ3n) is 2.97. The minimum Gasteiger partial charge on any atom is -0.339 e. The van der Waals surface area contributed by atoms with Gasteiger partial charge in [-0.15, -0.1) is 0 Å². The molecule has 1 saturated heterocycles. The number of amides is 1. The number of likely N-dealkylation sites (tertiary alicyclic amines) is 1. The van der Waals surface area contributed by atoms with Crippen molar-refractivity contribution in [1.29, 1.82) is 0 Å². The maximum Gasteiger partial charge on any atom is 0.236 e. The van der Waals surface area contributed by atoms with Gasteiger partial charge in [-0.2, -0.15) is 0 Å². The van der Waals surface area contributed by atoms with Crippen LogP contribution in [0.1, 0.15) is 46.0 Å². The Bertz CT molecular complexity index is 194. The van der Waals surface area contributed by atoms with Crippen molar-refractivity contribution in [2.45, 2.75) is 56.8 Å². The van der Waals surface area contributed by atoms with Crippen LogP contribution in [0.3, 0.4) is 0 Å². The first-order valence-electron chi connectivity index (χ1n) is 5.61. The van der Waals surface area contributed by atoms with E-state index < -0.39 is 0 Å². The highest BCUT2D eigenvalue weighted by Crippen LogP contribution is 2.21. The molecule has 2 unspecified atom stereocenters. The van der Waals surface area contributed by atoms with E-state index in [1.807, 2.05) is 6.92 Å². The first kappa shape index (κ1) is 12.0. The molecule has 1 heterocycles. The SMILES string of the molecule is CCC1CCCCCN1C(=O)C(C)Br. The fraction of sp³-hybridized carbons (Fsp3) is 0.909. The lowest BCUT2D eigenvalue weighted by atomic mass is 10.1. The number of rotatable bonds is 2. The molecule has 3 heteroatoms. The molecule has 1 aliphatic heterocycles. The first-order valence-corrected chi connectivity index (χ1v) is 6.53. The largest absolute Gasteiger partial charge is 0.339 e. The zero-order valence-electron chi connectivity index (χ0n) is 9.13. The van der Waals surface area contributed by atoms with Crippen LogP contribution < -0.4 is 0 Å². The second kappa shape index (κ2) is 5.74. The molecular weight excluding hydrogens is 242 g/mol. The molecule has 82 valence electrons. The average molecular weight is 262 g/mol.